The molecule has 0 bridgehead atoms. The van der Waals surface area contributed by atoms with Gasteiger partial charge in [0, 0.05) is 26.2 Å². The monoisotopic (exact) mass is 338 g/mol. The van der Waals surface area contributed by atoms with Gasteiger partial charge >= 0.3 is 0 Å². The van der Waals surface area contributed by atoms with Crippen LogP contribution in [0.15, 0.2) is 18.2 Å². The Balaban J connectivity index is 1.85. The number of nitrogens with zero attached hydrogens (tertiary/aromatic N) is 1. The number of benzene rings is 1. The van der Waals surface area contributed by atoms with Gasteiger partial charge in [-0.1, -0.05) is 0 Å². The summed E-state index contributed by atoms with van der Waals surface area (Å²) in [5.74, 6) is 2.02. The molecule has 0 unspecified atom stereocenters. The molecule has 1 saturated heterocycles. The summed E-state index contributed by atoms with van der Waals surface area (Å²) in [5.41, 5.74) is 1.09. The van der Waals surface area contributed by atoms with E-state index in [9.17, 15) is 5.11 Å². The van der Waals surface area contributed by atoms with Crippen molar-refractivity contribution in [3.8, 4) is 11.5 Å². The molecule has 6 heteroatoms. The SMILES string of the molecule is COc1ccc(OC)c(CCNC(=S)N2CCC[C@@H](CO)C2)c1. The first kappa shape index (κ1) is 17.8. The van der Waals surface area contributed by atoms with E-state index in [1.165, 1.54) is 0 Å². The second-order valence-electron chi connectivity index (χ2n) is 5.80. The van der Waals surface area contributed by atoms with E-state index in [0.29, 0.717) is 5.92 Å². The summed E-state index contributed by atoms with van der Waals surface area (Å²) >= 11 is 5.48. The number of hydrogen-bond acceptors (Lipinski definition) is 4. The lowest BCUT2D eigenvalue weighted by Crippen LogP contribution is -2.46. The molecule has 0 aliphatic carbocycles. The third-order valence-electron chi connectivity index (χ3n) is 4.22. The first-order valence-corrected chi connectivity index (χ1v) is 8.43. The van der Waals surface area contributed by atoms with Gasteiger partial charge in [-0.2, -0.15) is 0 Å². The van der Waals surface area contributed by atoms with Gasteiger partial charge in [0.2, 0.25) is 0 Å². The maximum absolute atomic E-state index is 9.31. The van der Waals surface area contributed by atoms with Crippen molar-refractivity contribution in [3.63, 3.8) is 0 Å². The smallest absolute Gasteiger partial charge is 0.168 e. The van der Waals surface area contributed by atoms with E-state index in [4.69, 9.17) is 21.7 Å². The molecule has 0 aromatic heterocycles. The molecule has 0 radical (unpaired) electrons. The van der Waals surface area contributed by atoms with Crippen LogP contribution in [0, 0.1) is 5.92 Å². The summed E-state index contributed by atoms with van der Waals surface area (Å²) in [6.07, 6.45) is 2.96. The van der Waals surface area contributed by atoms with E-state index < -0.39 is 0 Å². The van der Waals surface area contributed by atoms with E-state index in [1.807, 2.05) is 18.2 Å². The maximum atomic E-state index is 9.31. The van der Waals surface area contributed by atoms with Crippen molar-refractivity contribution in [3.05, 3.63) is 23.8 Å². The Morgan fingerprint density at radius 2 is 2.22 bits per heavy atom. The predicted octanol–water partition coefficient (Wildman–Crippen LogP) is 1.83. The van der Waals surface area contributed by atoms with Crippen molar-refractivity contribution in [1.82, 2.24) is 10.2 Å². The number of ether oxygens (including phenoxy) is 2. The third kappa shape index (κ3) is 4.97. The summed E-state index contributed by atoms with van der Waals surface area (Å²) in [5, 5.41) is 13.4. The Morgan fingerprint density at radius 1 is 1.39 bits per heavy atom. The molecule has 1 aliphatic heterocycles. The normalized spacial score (nSPS) is 17.7. The van der Waals surface area contributed by atoms with Gasteiger partial charge in [-0.3, -0.25) is 0 Å². The molecule has 2 N–H and O–H groups in total. The van der Waals surface area contributed by atoms with Crippen LogP contribution >= 0.6 is 12.2 Å². The maximum Gasteiger partial charge on any atom is 0.168 e. The van der Waals surface area contributed by atoms with Gasteiger partial charge in [-0.25, -0.2) is 0 Å². The van der Waals surface area contributed by atoms with Crippen LogP contribution in [0.1, 0.15) is 18.4 Å². The van der Waals surface area contributed by atoms with Gasteiger partial charge in [0.1, 0.15) is 11.5 Å². The number of piperidine rings is 1. The van der Waals surface area contributed by atoms with Crippen molar-refractivity contribution in [2.45, 2.75) is 19.3 Å². The van der Waals surface area contributed by atoms with Crippen LogP contribution in [0.5, 0.6) is 11.5 Å². The standard InChI is InChI=1S/C17H26N2O3S/c1-21-15-5-6-16(22-2)14(10-15)7-8-18-17(23)19-9-3-4-13(11-19)12-20/h5-6,10,13,20H,3-4,7-9,11-12H2,1-2H3,(H,18,23)/t13-/m1/s1. The average Bonchev–Trinajstić information content (AvgIpc) is 2.61. The number of methoxy groups -OCH3 is 2. The third-order valence-corrected chi connectivity index (χ3v) is 4.63. The van der Waals surface area contributed by atoms with E-state index in [1.54, 1.807) is 14.2 Å². The lowest BCUT2D eigenvalue weighted by molar-refractivity contribution is 0.160. The van der Waals surface area contributed by atoms with Crippen LogP contribution in [0.3, 0.4) is 0 Å². The van der Waals surface area contributed by atoms with Crippen molar-refractivity contribution in [1.29, 1.82) is 0 Å². The Morgan fingerprint density at radius 3 is 2.91 bits per heavy atom. The molecule has 1 aliphatic rings. The van der Waals surface area contributed by atoms with Gasteiger partial charge in [0.15, 0.2) is 5.11 Å². The van der Waals surface area contributed by atoms with Gasteiger partial charge < -0.3 is 24.8 Å². The van der Waals surface area contributed by atoms with E-state index in [2.05, 4.69) is 10.2 Å². The lowest BCUT2D eigenvalue weighted by Gasteiger charge is -2.33. The fourth-order valence-electron chi connectivity index (χ4n) is 2.89. The Bertz CT molecular complexity index is 525. The van der Waals surface area contributed by atoms with Gasteiger partial charge in [-0.15, -0.1) is 0 Å². The zero-order valence-electron chi connectivity index (χ0n) is 13.9. The van der Waals surface area contributed by atoms with Crippen LogP contribution in [-0.4, -0.2) is 55.6 Å². The Hall–Kier alpha value is -1.53. The number of aliphatic hydroxyl groups excluding tert-OH is 1. The molecule has 23 heavy (non-hydrogen) atoms. The molecule has 1 fully saturated rings. The highest BCUT2D eigenvalue weighted by molar-refractivity contribution is 7.80. The first-order chi connectivity index (χ1) is 11.2. The second kappa shape index (κ2) is 8.93. The first-order valence-electron chi connectivity index (χ1n) is 8.02. The highest BCUT2D eigenvalue weighted by Crippen LogP contribution is 2.24. The van der Waals surface area contributed by atoms with Crippen molar-refractivity contribution >= 4 is 17.3 Å². The fourth-order valence-corrected chi connectivity index (χ4v) is 3.16. The molecule has 1 atom stereocenters. The van der Waals surface area contributed by atoms with E-state index in [0.717, 1.165) is 61.1 Å². The number of rotatable bonds is 6. The number of thiocarbonyl (C=S) groups is 1. The minimum absolute atomic E-state index is 0.236. The van der Waals surface area contributed by atoms with E-state index >= 15 is 0 Å². The number of aliphatic hydroxyl groups is 1. The minimum Gasteiger partial charge on any atom is -0.497 e. The second-order valence-corrected chi connectivity index (χ2v) is 6.18. The van der Waals surface area contributed by atoms with Gasteiger partial charge in [0.25, 0.3) is 0 Å². The summed E-state index contributed by atoms with van der Waals surface area (Å²) < 4.78 is 10.7. The van der Waals surface area contributed by atoms with Crippen LogP contribution in [0.4, 0.5) is 0 Å². The molecule has 2 rings (SSSR count). The highest BCUT2D eigenvalue weighted by atomic mass is 32.1. The highest BCUT2D eigenvalue weighted by Gasteiger charge is 2.20. The zero-order valence-corrected chi connectivity index (χ0v) is 14.7. The molecular formula is C17H26N2O3S. The number of hydrogen-bond donors (Lipinski definition) is 2. The van der Waals surface area contributed by atoms with Crippen LogP contribution in [0.2, 0.25) is 0 Å². The van der Waals surface area contributed by atoms with E-state index in [-0.39, 0.29) is 6.61 Å². The number of nitrogens with one attached hydrogen (secondary N) is 1. The predicted molar refractivity (Wildman–Crippen MR) is 95.2 cm³/mol. The van der Waals surface area contributed by atoms with Crippen LogP contribution in [0.25, 0.3) is 0 Å². The molecular weight excluding hydrogens is 312 g/mol. The average molecular weight is 338 g/mol. The Labute approximate surface area is 143 Å². The van der Waals surface area contributed by atoms with Crippen molar-refractivity contribution < 1.29 is 14.6 Å². The summed E-state index contributed by atoms with van der Waals surface area (Å²) in [6, 6.07) is 5.80. The molecule has 1 heterocycles. The quantitative estimate of drug-likeness (QED) is 0.772. The summed E-state index contributed by atoms with van der Waals surface area (Å²) in [7, 11) is 3.33. The van der Waals surface area contributed by atoms with Gasteiger partial charge in [0.05, 0.1) is 14.2 Å². The van der Waals surface area contributed by atoms with Crippen LogP contribution in [-0.2, 0) is 6.42 Å². The summed E-state index contributed by atoms with van der Waals surface area (Å²) in [4.78, 5) is 2.16. The molecule has 0 amide bonds. The van der Waals surface area contributed by atoms with Crippen molar-refractivity contribution in [2.24, 2.45) is 5.92 Å². The summed E-state index contributed by atoms with van der Waals surface area (Å²) in [6.45, 7) is 2.78. The van der Waals surface area contributed by atoms with Crippen molar-refractivity contribution in [2.75, 3.05) is 40.5 Å². The topological polar surface area (TPSA) is 54.0 Å². The molecule has 5 nitrogen and oxygen atoms in total. The fraction of sp³-hybridized carbons (Fsp3) is 0.588. The zero-order chi connectivity index (χ0) is 16.7. The molecule has 1 aromatic rings. The van der Waals surface area contributed by atoms with Crippen LogP contribution < -0.4 is 14.8 Å². The molecule has 0 spiro atoms. The Kier molecular flexibility index (Phi) is 6.92. The van der Waals surface area contributed by atoms with Gasteiger partial charge in [-0.05, 0) is 61.2 Å². The molecule has 1 aromatic carbocycles. The lowest BCUT2D eigenvalue weighted by atomic mass is 9.99. The molecule has 128 valence electrons. The largest absolute Gasteiger partial charge is 0.497 e. The minimum atomic E-state index is 0.236. The number of likely N-dealkylation sites (tertiary alicyclic amines) is 1. The molecule has 0 saturated carbocycles.